The summed E-state index contributed by atoms with van der Waals surface area (Å²) in [7, 11) is 0. The van der Waals surface area contributed by atoms with Gasteiger partial charge in [-0.3, -0.25) is 4.98 Å². The van der Waals surface area contributed by atoms with Gasteiger partial charge in [-0.25, -0.2) is 0 Å². The molecule has 2 nitrogen and oxygen atoms in total. The minimum absolute atomic E-state index is 0.766. The molecule has 2 fully saturated rings. The lowest BCUT2D eigenvalue weighted by Crippen LogP contribution is -2.24. The maximum atomic E-state index is 4.89. The zero-order chi connectivity index (χ0) is 17.7. The van der Waals surface area contributed by atoms with Gasteiger partial charge in [0.25, 0.3) is 0 Å². The summed E-state index contributed by atoms with van der Waals surface area (Å²) in [6, 6.07) is 7.02. The fraction of sp³-hybridized carbons (Fsp3) is 0.409. The van der Waals surface area contributed by atoms with Crippen molar-refractivity contribution in [2.24, 2.45) is 0 Å². The van der Waals surface area contributed by atoms with Crippen molar-refractivity contribution in [1.29, 1.82) is 0 Å². The highest BCUT2D eigenvalue weighted by atomic mass is 79.9. The molecule has 1 saturated carbocycles. The van der Waals surface area contributed by atoms with Crippen LogP contribution in [0, 0.1) is 0 Å². The number of fused-ring (bicyclic) bond motifs is 2. The molecule has 0 atom stereocenters. The molecule has 2 aromatic rings. The lowest BCUT2D eigenvalue weighted by Gasteiger charge is -2.22. The molecule has 0 amide bonds. The van der Waals surface area contributed by atoms with E-state index >= 15 is 0 Å². The third-order valence-electron chi connectivity index (χ3n) is 5.93. The number of hydrogen-bond acceptors (Lipinski definition) is 2. The average molecular weight is 474 g/mol. The van der Waals surface area contributed by atoms with E-state index in [-0.39, 0.29) is 0 Å². The van der Waals surface area contributed by atoms with Gasteiger partial charge in [-0.2, -0.15) is 0 Å². The van der Waals surface area contributed by atoms with Crippen LogP contribution in [0.5, 0.6) is 0 Å². The quantitative estimate of drug-likeness (QED) is 0.568. The van der Waals surface area contributed by atoms with Crippen molar-refractivity contribution in [1.82, 2.24) is 10.3 Å². The first-order valence-corrected chi connectivity index (χ1v) is 11.2. The molecule has 26 heavy (non-hydrogen) atoms. The molecule has 134 valence electrons. The maximum absolute atomic E-state index is 4.89. The summed E-state index contributed by atoms with van der Waals surface area (Å²) < 4.78 is 2.44. The van der Waals surface area contributed by atoms with Crippen LogP contribution in [-0.4, -0.2) is 18.1 Å². The Hall–Kier alpha value is -0.970. The molecule has 1 aliphatic heterocycles. The number of nitrogens with one attached hydrogen (secondary N) is 1. The SMILES string of the molecule is Brc1cnc2c(c1)CCc1c(ccc(C3CC3)c1Br)C2=C1CCNCC1. The monoisotopic (exact) mass is 472 g/mol. The largest absolute Gasteiger partial charge is 0.316 e. The van der Waals surface area contributed by atoms with Gasteiger partial charge in [0, 0.05) is 20.7 Å². The summed E-state index contributed by atoms with van der Waals surface area (Å²) in [6.07, 6.45) is 9.01. The molecule has 0 spiro atoms. The molecular weight excluding hydrogens is 452 g/mol. The van der Waals surface area contributed by atoms with Crippen LogP contribution in [0.2, 0.25) is 0 Å². The maximum Gasteiger partial charge on any atom is 0.0740 e. The normalized spacial score (nSPS) is 19.8. The van der Waals surface area contributed by atoms with Crippen LogP contribution in [0.15, 0.2) is 38.9 Å². The van der Waals surface area contributed by atoms with Crippen LogP contribution >= 0.6 is 31.9 Å². The number of hydrogen-bond donors (Lipinski definition) is 1. The van der Waals surface area contributed by atoms with Gasteiger partial charge in [-0.05, 0) is 102 Å². The Balaban J connectivity index is 1.75. The van der Waals surface area contributed by atoms with Crippen molar-refractivity contribution in [2.75, 3.05) is 13.1 Å². The number of benzene rings is 1. The number of halogens is 2. The number of nitrogens with zero attached hydrogens (tertiary/aromatic N) is 1. The van der Waals surface area contributed by atoms with Gasteiger partial charge in [0.1, 0.15) is 0 Å². The molecule has 0 radical (unpaired) electrons. The highest BCUT2D eigenvalue weighted by molar-refractivity contribution is 9.10. The van der Waals surface area contributed by atoms with Crippen molar-refractivity contribution < 1.29 is 0 Å². The third kappa shape index (κ3) is 3.00. The standard InChI is InChI=1S/C22H22Br2N2/c23-16-11-15-3-4-19-18(6-5-17(21(19)24)13-1-2-13)20(22(15)26-12-16)14-7-9-25-10-8-14/h5-6,11-13,25H,1-4,7-10H2. The van der Waals surface area contributed by atoms with Crippen molar-refractivity contribution in [3.63, 3.8) is 0 Å². The summed E-state index contributed by atoms with van der Waals surface area (Å²) in [6.45, 7) is 2.14. The lowest BCUT2D eigenvalue weighted by atomic mass is 9.88. The predicted octanol–water partition coefficient (Wildman–Crippen LogP) is 5.77. The van der Waals surface area contributed by atoms with Gasteiger partial charge < -0.3 is 5.32 Å². The number of aromatic nitrogens is 1. The molecular formula is C22H22Br2N2. The van der Waals surface area contributed by atoms with E-state index in [0.717, 1.165) is 49.2 Å². The van der Waals surface area contributed by atoms with E-state index in [1.54, 1.807) is 5.57 Å². The molecule has 1 aromatic heterocycles. The van der Waals surface area contributed by atoms with Crippen molar-refractivity contribution >= 4 is 37.4 Å². The fourth-order valence-electron chi connectivity index (χ4n) is 4.45. The van der Waals surface area contributed by atoms with Gasteiger partial charge in [0.05, 0.1) is 5.69 Å². The summed E-state index contributed by atoms with van der Waals surface area (Å²) >= 11 is 7.61. The molecule has 1 N–H and O–H groups in total. The van der Waals surface area contributed by atoms with E-state index in [0.29, 0.717) is 0 Å². The molecule has 2 aliphatic carbocycles. The number of aryl methyl sites for hydroxylation is 1. The van der Waals surface area contributed by atoms with Gasteiger partial charge in [0.15, 0.2) is 0 Å². The second-order valence-corrected chi connectivity index (χ2v) is 9.37. The highest BCUT2D eigenvalue weighted by Crippen LogP contribution is 2.47. The summed E-state index contributed by atoms with van der Waals surface area (Å²) in [5.41, 5.74) is 9.96. The first-order chi connectivity index (χ1) is 12.7. The number of rotatable bonds is 1. The second kappa shape index (κ2) is 6.88. The van der Waals surface area contributed by atoms with Gasteiger partial charge in [-0.15, -0.1) is 0 Å². The lowest BCUT2D eigenvalue weighted by molar-refractivity contribution is 0.611. The van der Waals surface area contributed by atoms with E-state index in [4.69, 9.17) is 4.98 Å². The smallest absolute Gasteiger partial charge is 0.0740 e. The van der Waals surface area contributed by atoms with E-state index in [1.807, 2.05) is 6.20 Å². The number of piperidine rings is 1. The minimum atomic E-state index is 0.766. The van der Waals surface area contributed by atoms with Crippen molar-refractivity contribution in [3.8, 4) is 0 Å². The predicted molar refractivity (Wildman–Crippen MR) is 114 cm³/mol. The molecule has 2 heterocycles. The Morgan fingerprint density at radius 3 is 2.58 bits per heavy atom. The van der Waals surface area contributed by atoms with E-state index in [9.17, 15) is 0 Å². The third-order valence-corrected chi connectivity index (χ3v) is 7.30. The Labute approximate surface area is 171 Å². The molecule has 4 heteroatoms. The summed E-state index contributed by atoms with van der Waals surface area (Å²) in [5.74, 6) is 0.766. The van der Waals surface area contributed by atoms with Crippen LogP contribution < -0.4 is 5.32 Å². The zero-order valence-corrected chi connectivity index (χ0v) is 17.9. The molecule has 0 unspecified atom stereocenters. The molecule has 1 saturated heterocycles. The van der Waals surface area contributed by atoms with Crippen LogP contribution in [0.25, 0.3) is 5.57 Å². The van der Waals surface area contributed by atoms with Crippen molar-refractivity contribution in [3.05, 3.63) is 66.9 Å². The Morgan fingerprint density at radius 1 is 1.00 bits per heavy atom. The first-order valence-electron chi connectivity index (χ1n) is 9.61. The fourth-order valence-corrected chi connectivity index (χ4v) is 5.69. The minimum Gasteiger partial charge on any atom is -0.316 e. The topological polar surface area (TPSA) is 24.9 Å². The second-order valence-electron chi connectivity index (χ2n) is 7.66. The Kier molecular flexibility index (Phi) is 4.54. The van der Waals surface area contributed by atoms with Crippen molar-refractivity contribution in [2.45, 2.75) is 44.4 Å². The first kappa shape index (κ1) is 17.2. The summed E-state index contributed by atoms with van der Waals surface area (Å²) in [4.78, 5) is 4.89. The van der Waals surface area contributed by atoms with Crippen LogP contribution in [0.4, 0.5) is 0 Å². The Morgan fingerprint density at radius 2 is 1.81 bits per heavy atom. The van der Waals surface area contributed by atoms with Gasteiger partial charge in [-0.1, -0.05) is 33.6 Å². The van der Waals surface area contributed by atoms with E-state index in [1.165, 1.54) is 50.8 Å². The van der Waals surface area contributed by atoms with Crippen LogP contribution in [-0.2, 0) is 12.8 Å². The van der Waals surface area contributed by atoms with Crippen LogP contribution in [0.1, 0.15) is 59.5 Å². The zero-order valence-electron chi connectivity index (χ0n) is 14.7. The Bertz CT molecular complexity index is 905. The van der Waals surface area contributed by atoms with E-state index in [2.05, 4.69) is 55.4 Å². The molecule has 1 aromatic carbocycles. The van der Waals surface area contributed by atoms with Gasteiger partial charge >= 0.3 is 0 Å². The molecule has 0 bridgehead atoms. The summed E-state index contributed by atoms with van der Waals surface area (Å²) in [5, 5.41) is 3.50. The van der Waals surface area contributed by atoms with Crippen LogP contribution in [0.3, 0.4) is 0 Å². The highest BCUT2D eigenvalue weighted by Gasteiger charge is 2.30. The van der Waals surface area contributed by atoms with E-state index < -0.39 is 0 Å². The molecule has 3 aliphatic rings. The average Bonchev–Trinajstić information content (AvgIpc) is 3.49. The van der Waals surface area contributed by atoms with Gasteiger partial charge in [0.2, 0.25) is 0 Å². The number of pyridine rings is 1. The molecule has 5 rings (SSSR count).